The minimum atomic E-state index is -0.453. The Morgan fingerprint density at radius 1 is 1.07 bits per heavy atom. The molecule has 0 aromatic carbocycles. The summed E-state index contributed by atoms with van der Waals surface area (Å²) >= 11 is 0. The van der Waals surface area contributed by atoms with Crippen molar-refractivity contribution in [1.82, 2.24) is 20.9 Å². The number of hydrogen-bond acceptors (Lipinski definition) is 4. The lowest BCUT2D eigenvalue weighted by Gasteiger charge is -2.31. The van der Waals surface area contributed by atoms with Crippen LogP contribution in [0.3, 0.4) is 0 Å². The normalized spacial score (nSPS) is 21.1. The van der Waals surface area contributed by atoms with Gasteiger partial charge in [-0.2, -0.15) is 0 Å². The van der Waals surface area contributed by atoms with E-state index in [1.165, 1.54) is 6.42 Å². The molecule has 0 atom stereocenters. The van der Waals surface area contributed by atoms with Crippen molar-refractivity contribution >= 4 is 12.1 Å². The highest BCUT2D eigenvalue weighted by molar-refractivity contribution is 5.79. The molecule has 7 nitrogen and oxygen atoms in total. The molecule has 0 aliphatic heterocycles. The van der Waals surface area contributed by atoms with Gasteiger partial charge >= 0.3 is 6.09 Å². The molecule has 0 bridgehead atoms. The molecule has 1 saturated carbocycles. The van der Waals surface area contributed by atoms with E-state index in [0.717, 1.165) is 57.8 Å². The molecule has 1 rings (SSSR count). The fourth-order valence-corrected chi connectivity index (χ4v) is 3.32. The second-order valence-electron chi connectivity index (χ2n) is 8.27. The monoisotopic (exact) mass is 383 g/mol. The van der Waals surface area contributed by atoms with E-state index in [2.05, 4.69) is 39.7 Å². The highest BCUT2D eigenvalue weighted by Gasteiger charge is 2.25. The molecule has 0 unspecified atom stereocenters. The average Bonchev–Trinajstić information content (AvgIpc) is 2.59. The van der Waals surface area contributed by atoms with Crippen LogP contribution < -0.4 is 16.0 Å². The highest BCUT2D eigenvalue weighted by atomic mass is 16.6. The number of carbonyl (C=O) groups excluding carboxylic acids is 1. The van der Waals surface area contributed by atoms with E-state index in [-0.39, 0.29) is 12.1 Å². The maximum Gasteiger partial charge on any atom is 0.407 e. The Bertz CT molecular complexity index is 454. The topological polar surface area (TPSA) is 78.0 Å². The van der Waals surface area contributed by atoms with Crippen molar-refractivity contribution in [3.63, 3.8) is 0 Å². The van der Waals surface area contributed by atoms with Crippen LogP contribution in [-0.4, -0.2) is 67.9 Å². The summed E-state index contributed by atoms with van der Waals surface area (Å²) in [5.41, 5.74) is -0.453. The SMILES string of the molecule is CCCN(CC)CCNC(=NC)NC1CCC(NC(=O)OC(C)(C)C)CC1. The third kappa shape index (κ3) is 10.4. The smallest absolute Gasteiger partial charge is 0.407 e. The number of rotatable bonds is 8. The first kappa shape index (κ1) is 23.5. The number of carbonyl (C=O) groups is 1. The van der Waals surface area contributed by atoms with E-state index in [9.17, 15) is 4.79 Å². The largest absolute Gasteiger partial charge is 0.444 e. The fourth-order valence-electron chi connectivity index (χ4n) is 3.32. The van der Waals surface area contributed by atoms with E-state index in [4.69, 9.17) is 4.74 Å². The predicted molar refractivity (Wildman–Crippen MR) is 112 cm³/mol. The van der Waals surface area contributed by atoms with E-state index in [0.29, 0.717) is 6.04 Å². The lowest BCUT2D eigenvalue weighted by Crippen LogP contribution is -2.49. The van der Waals surface area contributed by atoms with Gasteiger partial charge in [-0.15, -0.1) is 0 Å². The molecule has 1 aliphatic rings. The van der Waals surface area contributed by atoms with Crippen LogP contribution in [0.5, 0.6) is 0 Å². The molecule has 0 aromatic heterocycles. The Hall–Kier alpha value is -1.50. The van der Waals surface area contributed by atoms with Gasteiger partial charge in [-0.25, -0.2) is 4.79 Å². The summed E-state index contributed by atoms with van der Waals surface area (Å²) in [6.45, 7) is 14.2. The van der Waals surface area contributed by atoms with Crippen molar-refractivity contribution in [2.75, 3.05) is 33.2 Å². The van der Waals surface area contributed by atoms with E-state index in [1.807, 2.05) is 27.8 Å². The molecule has 158 valence electrons. The maximum atomic E-state index is 11.9. The van der Waals surface area contributed by atoms with Gasteiger partial charge in [0, 0.05) is 32.2 Å². The standard InChI is InChI=1S/C20H41N5O2/c1-7-14-25(8-2)15-13-22-18(21-6)23-16-9-11-17(12-10-16)24-19(26)27-20(3,4)5/h16-17H,7-15H2,1-6H3,(H,24,26)(H2,21,22,23). The Labute approximate surface area is 165 Å². The zero-order chi connectivity index (χ0) is 20.3. The van der Waals surface area contributed by atoms with Gasteiger partial charge < -0.3 is 25.6 Å². The van der Waals surface area contributed by atoms with Crippen molar-refractivity contribution in [2.24, 2.45) is 4.99 Å². The lowest BCUT2D eigenvalue weighted by atomic mass is 9.91. The summed E-state index contributed by atoms with van der Waals surface area (Å²) in [5.74, 6) is 0.867. The first-order chi connectivity index (χ1) is 12.8. The van der Waals surface area contributed by atoms with Gasteiger partial charge in [0.15, 0.2) is 5.96 Å². The highest BCUT2D eigenvalue weighted by Crippen LogP contribution is 2.19. The van der Waals surface area contributed by atoms with E-state index < -0.39 is 5.60 Å². The molecule has 3 N–H and O–H groups in total. The zero-order valence-electron chi connectivity index (χ0n) is 18.2. The second-order valence-corrected chi connectivity index (χ2v) is 8.27. The molecule has 0 aromatic rings. The molecule has 27 heavy (non-hydrogen) atoms. The number of amides is 1. The predicted octanol–water partition coefficient (Wildman–Crippen LogP) is 2.72. The van der Waals surface area contributed by atoms with Gasteiger partial charge in [-0.3, -0.25) is 4.99 Å². The van der Waals surface area contributed by atoms with E-state index in [1.54, 1.807) is 0 Å². The number of alkyl carbamates (subject to hydrolysis) is 1. The number of likely N-dealkylation sites (N-methyl/N-ethyl adjacent to an activating group) is 1. The molecule has 7 heteroatoms. The first-order valence-electron chi connectivity index (χ1n) is 10.5. The van der Waals surface area contributed by atoms with Crippen LogP contribution in [-0.2, 0) is 4.74 Å². The number of nitrogens with one attached hydrogen (secondary N) is 3. The third-order valence-electron chi connectivity index (χ3n) is 4.72. The molecule has 0 heterocycles. The first-order valence-corrected chi connectivity index (χ1v) is 10.5. The van der Waals surface area contributed by atoms with Gasteiger partial charge in [0.05, 0.1) is 0 Å². The van der Waals surface area contributed by atoms with Gasteiger partial charge in [-0.05, 0) is 66.0 Å². The van der Waals surface area contributed by atoms with Crippen LogP contribution in [0.25, 0.3) is 0 Å². The maximum absolute atomic E-state index is 11.9. The van der Waals surface area contributed by atoms with Crippen molar-refractivity contribution in [3.05, 3.63) is 0 Å². The molecule has 1 amide bonds. The van der Waals surface area contributed by atoms with Crippen LogP contribution in [0.1, 0.15) is 66.7 Å². The molecule has 0 radical (unpaired) electrons. The molecule has 0 saturated heterocycles. The lowest BCUT2D eigenvalue weighted by molar-refractivity contribution is 0.0490. The summed E-state index contributed by atoms with van der Waals surface area (Å²) in [6.07, 6.45) is 4.79. The number of guanidine groups is 1. The van der Waals surface area contributed by atoms with Crippen LogP contribution in [0, 0.1) is 0 Å². The molecule has 1 aliphatic carbocycles. The van der Waals surface area contributed by atoms with Gasteiger partial charge in [0.25, 0.3) is 0 Å². The Balaban J connectivity index is 2.28. The molecular weight excluding hydrogens is 342 g/mol. The van der Waals surface area contributed by atoms with Gasteiger partial charge in [0.1, 0.15) is 5.60 Å². The summed E-state index contributed by atoms with van der Waals surface area (Å²) in [5, 5.41) is 9.92. The van der Waals surface area contributed by atoms with Crippen LogP contribution >= 0.6 is 0 Å². The number of ether oxygens (including phenoxy) is 1. The second kappa shape index (κ2) is 12.1. The van der Waals surface area contributed by atoms with Crippen molar-refractivity contribution < 1.29 is 9.53 Å². The summed E-state index contributed by atoms with van der Waals surface area (Å²) < 4.78 is 5.34. The van der Waals surface area contributed by atoms with Crippen molar-refractivity contribution in [1.29, 1.82) is 0 Å². The molecule has 1 fully saturated rings. The van der Waals surface area contributed by atoms with E-state index >= 15 is 0 Å². The molecular formula is C20H41N5O2. The van der Waals surface area contributed by atoms with Gasteiger partial charge in [0.2, 0.25) is 0 Å². The molecule has 0 spiro atoms. The third-order valence-corrected chi connectivity index (χ3v) is 4.72. The van der Waals surface area contributed by atoms with Crippen LogP contribution in [0.2, 0.25) is 0 Å². The summed E-state index contributed by atoms with van der Waals surface area (Å²) in [6, 6.07) is 0.589. The minimum absolute atomic E-state index is 0.194. The van der Waals surface area contributed by atoms with Crippen LogP contribution in [0.4, 0.5) is 4.79 Å². The Kier molecular flexibility index (Phi) is 10.5. The number of nitrogens with zero attached hydrogens (tertiary/aromatic N) is 2. The summed E-state index contributed by atoms with van der Waals surface area (Å²) in [7, 11) is 1.81. The number of hydrogen-bond donors (Lipinski definition) is 3. The zero-order valence-corrected chi connectivity index (χ0v) is 18.2. The fraction of sp³-hybridized carbons (Fsp3) is 0.900. The van der Waals surface area contributed by atoms with Crippen molar-refractivity contribution in [2.45, 2.75) is 84.4 Å². The Morgan fingerprint density at radius 2 is 1.67 bits per heavy atom. The summed E-state index contributed by atoms with van der Waals surface area (Å²) in [4.78, 5) is 18.7. The van der Waals surface area contributed by atoms with Crippen LogP contribution in [0.15, 0.2) is 4.99 Å². The quantitative estimate of drug-likeness (QED) is 0.444. The minimum Gasteiger partial charge on any atom is -0.444 e. The van der Waals surface area contributed by atoms with Crippen molar-refractivity contribution in [3.8, 4) is 0 Å². The van der Waals surface area contributed by atoms with Gasteiger partial charge in [-0.1, -0.05) is 13.8 Å². The number of aliphatic imine (C=N–C) groups is 1. The Morgan fingerprint density at radius 3 is 2.15 bits per heavy atom. The average molecular weight is 384 g/mol.